The number of nitrogens with zero attached hydrogens (tertiary/aromatic N) is 2. The summed E-state index contributed by atoms with van der Waals surface area (Å²) in [5.41, 5.74) is -0.00590. The van der Waals surface area contributed by atoms with Gasteiger partial charge in [-0.05, 0) is 26.3 Å². The molecule has 1 N–H and O–H groups in total. The van der Waals surface area contributed by atoms with Crippen molar-refractivity contribution >= 4 is 5.97 Å². The summed E-state index contributed by atoms with van der Waals surface area (Å²) >= 11 is 0. The van der Waals surface area contributed by atoms with Crippen LogP contribution in [-0.4, -0.2) is 35.5 Å². The van der Waals surface area contributed by atoms with Crippen molar-refractivity contribution in [1.29, 1.82) is 0 Å². The van der Waals surface area contributed by atoms with Gasteiger partial charge in [-0.3, -0.25) is 9.47 Å². The SMILES string of the molecule is CC.CCC(C)(C)N1Cc2c(cc(OC)c(O)c2F)-c2cc(=O)c(C(=O)OC)cn21. The lowest BCUT2D eigenvalue weighted by Crippen LogP contribution is -2.52. The highest BCUT2D eigenvalue weighted by Gasteiger charge is 2.35. The number of aromatic nitrogens is 1. The van der Waals surface area contributed by atoms with Gasteiger partial charge in [0.2, 0.25) is 0 Å². The number of carbonyl (C=O) groups excluding carboxylic acids is 1. The standard InChI is InChI=1S/C20H23FN2O5.C2H6/c1-6-20(2,3)23-10-12-11(7-16(27-4)18(25)17(12)21)14-8-15(24)13(9-22(14)23)19(26)28-5;1-2/h7-9,25H,6,10H2,1-5H3;1-2H3. The number of pyridine rings is 1. The average Bonchev–Trinajstić information content (AvgIpc) is 2.75. The Balaban J connectivity index is 0.00000155. The molecule has 1 aromatic carbocycles. The molecule has 0 bridgehead atoms. The number of methoxy groups -OCH3 is 2. The fourth-order valence-electron chi connectivity index (χ4n) is 3.30. The van der Waals surface area contributed by atoms with Gasteiger partial charge >= 0.3 is 5.97 Å². The summed E-state index contributed by atoms with van der Waals surface area (Å²) < 4.78 is 26.4. The number of aromatic hydroxyl groups is 1. The zero-order valence-corrected chi connectivity index (χ0v) is 18.5. The largest absolute Gasteiger partial charge is 0.502 e. The van der Waals surface area contributed by atoms with Crippen molar-refractivity contribution in [3.05, 3.63) is 45.5 Å². The second-order valence-electron chi connectivity index (χ2n) is 7.26. The lowest BCUT2D eigenvalue weighted by Gasteiger charge is -2.45. The average molecular weight is 420 g/mol. The van der Waals surface area contributed by atoms with Crippen LogP contribution >= 0.6 is 0 Å². The van der Waals surface area contributed by atoms with E-state index >= 15 is 0 Å². The molecule has 8 heteroatoms. The number of esters is 1. The second kappa shape index (κ2) is 8.77. The molecular formula is C22H29FN2O5. The van der Waals surface area contributed by atoms with Crippen molar-refractivity contribution in [3.63, 3.8) is 0 Å². The van der Waals surface area contributed by atoms with Gasteiger partial charge in [0.15, 0.2) is 22.7 Å². The fraction of sp³-hybridized carbons (Fsp3) is 0.455. The molecule has 1 aliphatic rings. The van der Waals surface area contributed by atoms with Crippen LogP contribution in [-0.2, 0) is 11.3 Å². The zero-order chi connectivity index (χ0) is 22.8. The molecular weight excluding hydrogens is 391 g/mol. The number of hydrogen-bond donors (Lipinski definition) is 1. The molecule has 0 radical (unpaired) electrons. The first-order valence-corrected chi connectivity index (χ1v) is 9.87. The van der Waals surface area contributed by atoms with E-state index in [1.54, 1.807) is 4.68 Å². The Labute approximate surface area is 175 Å². The Morgan fingerprint density at radius 2 is 1.90 bits per heavy atom. The number of phenols is 1. The van der Waals surface area contributed by atoms with E-state index in [4.69, 9.17) is 9.47 Å². The van der Waals surface area contributed by atoms with Crippen LogP contribution in [0.2, 0.25) is 0 Å². The van der Waals surface area contributed by atoms with Crippen molar-refractivity contribution in [3.8, 4) is 22.8 Å². The number of fused-ring (bicyclic) bond motifs is 3. The Morgan fingerprint density at radius 3 is 2.43 bits per heavy atom. The number of hydrogen-bond acceptors (Lipinski definition) is 6. The maximum atomic E-state index is 14.9. The number of halogens is 1. The zero-order valence-electron chi connectivity index (χ0n) is 18.5. The Kier molecular flexibility index (Phi) is 6.80. The van der Waals surface area contributed by atoms with Gasteiger partial charge in [-0.15, -0.1) is 0 Å². The molecule has 0 saturated carbocycles. The number of rotatable bonds is 4. The van der Waals surface area contributed by atoms with Crippen molar-refractivity contribution < 1.29 is 23.8 Å². The number of benzene rings is 1. The highest BCUT2D eigenvalue weighted by molar-refractivity contribution is 5.89. The van der Waals surface area contributed by atoms with E-state index in [2.05, 4.69) is 0 Å². The highest BCUT2D eigenvalue weighted by atomic mass is 19.1. The lowest BCUT2D eigenvalue weighted by atomic mass is 9.94. The second-order valence-corrected chi connectivity index (χ2v) is 7.26. The van der Waals surface area contributed by atoms with Gasteiger partial charge < -0.3 is 19.6 Å². The van der Waals surface area contributed by atoms with Gasteiger partial charge in [0.25, 0.3) is 0 Å². The summed E-state index contributed by atoms with van der Waals surface area (Å²) in [7, 11) is 2.53. The van der Waals surface area contributed by atoms with Crippen LogP contribution in [0, 0.1) is 5.82 Å². The van der Waals surface area contributed by atoms with Crippen LogP contribution in [0.3, 0.4) is 0 Å². The molecule has 0 saturated heterocycles. The molecule has 7 nitrogen and oxygen atoms in total. The van der Waals surface area contributed by atoms with Crippen molar-refractivity contribution in [2.75, 3.05) is 19.2 Å². The third-order valence-corrected chi connectivity index (χ3v) is 5.37. The van der Waals surface area contributed by atoms with Gasteiger partial charge in [-0.2, -0.15) is 0 Å². The van der Waals surface area contributed by atoms with E-state index in [0.29, 0.717) is 17.7 Å². The lowest BCUT2D eigenvalue weighted by molar-refractivity contribution is 0.0598. The summed E-state index contributed by atoms with van der Waals surface area (Å²) in [4.78, 5) is 24.6. The Hall–Kier alpha value is -3.03. The van der Waals surface area contributed by atoms with Gasteiger partial charge in [0.1, 0.15) is 5.56 Å². The number of ether oxygens (including phenoxy) is 2. The van der Waals surface area contributed by atoms with Crippen LogP contribution < -0.4 is 15.2 Å². The highest BCUT2D eigenvalue weighted by Crippen LogP contribution is 2.42. The summed E-state index contributed by atoms with van der Waals surface area (Å²) in [6.45, 7) is 10.1. The predicted molar refractivity (Wildman–Crippen MR) is 113 cm³/mol. The van der Waals surface area contributed by atoms with Gasteiger partial charge in [-0.25, -0.2) is 9.18 Å². The minimum Gasteiger partial charge on any atom is -0.502 e. The van der Waals surface area contributed by atoms with E-state index in [-0.39, 0.29) is 23.4 Å². The van der Waals surface area contributed by atoms with Crippen molar-refractivity contribution in [2.24, 2.45) is 0 Å². The van der Waals surface area contributed by atoms with Gasteiger partial charge in [0.05, 0.1) is 32.0 Å². The van der Waals surface area contributed by atoms with Gasteiger partial charge in [-0.1, -0.05) is 20.8 Å². The van der Waals surface area contributed by atoms with E-state index in [1.807, 2.05) is 39.6 Å². The predicted octanol–water partition coefficient (Wildman–Crippen LogP) is 3.82. The first-order valence-electron chi connectivity index (χ1n) is 9.87. The minimum atomic E-state index is -0.790. The minimum absolute atomic E-state index is 0.0319. The van der Waals surface area contributed by atoms with Gasteiger partial charge in [0, 0.05) is 23.4 Å². The van der Waals surface area contributed by atoms with Crippen LogP contribution in [0.4, 0.5) is 4.39 Å². The third kappa shape index (κ3) is 3.74. The number of carbonyl (C=O) groups is 1. The van der Waals surface area contributed by atoms with E-state index in [0.717, 1.165) is 0 Å². The Morgan fingerprint density at radius 1 is 1.27 bits per heavy atom. The quantitative estimate of drug-likeness (QED) is 0.758. The van der Waals surface area contributed by atoms with Crippen LogP contribution in [0.1, 0.15) is 57.0 Å². The first-order chi connectivity index (χ1) is 14.2. The molecule has 1 aliphatic heterocycles. The molecule has 164 valence electrons. The molecule has 0 atom stereocenters. The first kappa shape index (κ1) is 23.3. The number of phenolic OH excluding ortho intramolecular Hbond substituents is 1. The summed E-state index contributed by atoms with van der Waals surface area (Å²) in [5, 5.41) is 12.0. The molecule has 2 heterocycles. The molecule has 0 aliphatic carbocycles. The van der Waals surface area contributed by atoms with Crippen LogP contribution in [0.15, 0.2) is 23.1 Å². The molecule has 3 rings (SSSR count). The molecule has 0 fully saturated rings. The smallest absolute Gasteiger partial charge is 0.343 e. The Bertz CT molecular complexity index is 1010. The summed E-state index contributed by atoms with van der Waals surface area (Å²) in [6, 6.07) is 2.77. The third-order valence-electron chi connectivity index (χ3n) is 5.37. The van der Waals surface area contributed by atoms with Crippen molar-refractivity contribution in [2.45, 2.75) is 53.1 Å². The van der Waals surface area contributed by atoms with E-state index < -0.39 is 28.5 Å². The topological polar surface area (TPSA) is 81.0 Å². The molecule has 0 spiro atoms. The van der Waals surface area contributed by atoms with Crippen LogP contribution in [0.25, 0.3) is 11.3 Å². The van der Waals surface area contributed by atoms with E-state index in [1.165, 1.54) is 32.5 Å². The van der Waals surface area contributed by atoms with E-state index in [9.17, 15) is 19.1 Å². The normalized spacial score (nSPS) is 12.3. The molecule has 1 aromatic heterocycles. The van der Waals surface area contributed by atoms with Crippen LogP contribution in [0.5, 0.6) is 11.5 Å². The molecule has 2 aromatic rings. The molecule has 30 heavy (non-hydrogen) atoms. The maximum absolute atomic E-state index is 14.9. The fourth-order valence-corrected chi connectivity index (χ4v) is 3.30. The monoisotopic (exact) mass is 420 g/mol. The maximum Gasteiger partial charge on any atom is 0.343 e. The van der Waals surface area contributed by atoms with Crippen molar-refractivity contribution in [1.82, 2.24) is 4.68 Å². The summed E-state index contributed by atoms with van der Waals surface area (Å²) in [6.07, 6.45) is 2.13. The molecule has 0 amide bonds. The molecule has 0 unspecified atom stereocenters. The summed E-state index contributed by atoms with van der Waals surface area (Å²) in [5.74, 6) is -2.13.